The molecule has 3 aromatic rings. The van der Waals surface area contributed by atoms with Crippen molar-refractivity contribution in [3.63, 3.8) is 0 Å². The number of aromatic nitrogens is 2. The summed E-state index contributed by atoms with van der Waals surface area (Å²) in [6.07, 6.45) is 1.20. The second-order valence-electron chi connectivity index (χ2n) is 7.24. The predicted octanol–water partition coefficient (Wildman–Crippen LogP) is 2.81. The van der Waals surface area contributed by atoms with Crippen molar-refractivity contribution in [3.05, 3.63) is 48.2 Å². The van der Waals surface area contributed by atoms with Gasteiger partial charge in [0.25, 0.3) is 11.8 Å². The average molecular weight is 413 g/mol. The van der Waals surface area contributed by atoms with Crippen LogP contribution in [0.5, 0.6) is 5.75 Å². The number of ether oxygens (including phenoxy) is 1. The summed E-state index contributed by atoms with van der Waals surface area (Å²) in [7, 11) is 1.57. The highest BCUT2D eigenvalue weighted by Crippen LogP contribution is 2.30. The molecule has 1 aromatic carbocycles. The van der Waals surface area contributed by atoms with E-state index in [1.807, 2.05) is 12.1 Å². The van der Waals surface area contributed by atoms with E-state index in [9.17, 15) is 13.6 Å². The number of hydrogen-bond acceptors (Lipinski definition) is 6. The van der Waals surface area contributed by atoms with Gasteiger partial charge in [-0.05, 0) is 36.4 Å². The lowest BCUT2D eigenvalue weighted by Gasteiger charge is -2.31. The second kappa shape index (κ2) is 7.83. The Balaban J connectivity index is 1.79. The van der Waals surface area contributed by atoms with Crippen LogP contribution in [0.4, 0.5) is 14.5 Å². The minimum Gasteiger partial charge on any atom is -0.497 e. The lowest BCUT2D eigenvalue weighted by Crippen LogP contribution is -2.49. The number of piperidine rings is 1. The zero-order chi connectivity index (χ0) is 21.3. The first kappa shape index (κ1) is 20.0. The number of anilines is 1. The minimum absolute atomic E-state index is 0.210. The summed E-state index contributed by atoms with van der Waals surface area (Å²) in [6, 6.07) is 9.93. The first-order valence-corrected chi connectivity index (χ1v) is 9.45. The smallest absolute Gasteiger partial charge is 0.262 e. The molecule has 9 heteroatoms. The molecule has 0 aliphatic carbocycles. The molecule has 1 amide bonds. The number of nitrogens with one attached hydrogen (secondary N) is 2. The van der Waals surface area contributed by atoms with E-state index in [1.165, 1.54) is 6.20 Å². The van der Waals surface area contributed by atoms with E-state index in [1.54, 1.807) is 31.4 Å². The van der Waals surface area contributed by atoms with Gasteiger partial charge in [-0.25, -0.2) is 13.8 Å². The molecule has 1 atom stereocenters. The minimum atomic E-state index is -2.79. The zero-order valence-corrected chi connectivity index (χ0v) is 16.3. The molecule has 0 radical (unpaired) electrons. The Labute approximate surface area is 171 Å². The maximum atomic E-state index is 13.8. The third kappa shape index (κ3) is 4.02. The van der Waals surface area contributed by atoms with Crippen molar-refractivity contribution in [3.8, 4) is 17.0 Å². The van der Waals surface area contributed by atoms with Gasteiger partial charge in [-0.3, -0.25) is 9.78 Å². The van der Waals surface area contributed by atoms with E-state index in [4.69, 9.17) is 10.5 Å². The van der Waals surface area contributed by atoms with Crippen LogP contribution in [-0.4, -0.2) is 48.0 Å². The van der Waals surface area contributed by atoms with E-state index < -0.39 is 17.9 Å². The normalized spacial score (nSPS) is 18.2. The summed E-state index contributed by atoms with van der Waals surface area (Å²) >= 11 is 0. The topological polar surface area (TPSA) is 102 Å². The predicted molar refractivity (Wildman–Crippen MR) is 110 cm³/mol. The largest absolute Gasteiger partial charge is 0.497 e. The quantitative estimate of drug-likeness (QED) is 0.595. The number of pyridine rings is 2. The van der Waals surface area contributed by atoms with Crippen LogP contribution < -0.4 is 21.1 Å². The van der Waals surface area contributed by atoms with Crippen LogP contribution >= 0.6 is 0 Å². The van der Waals surface area contributed by atoms with E-state index in [0.29, 0.717) is 34.7 Å². The Morgan fingerprint density at radius 2 is 2.03 bits per heavy atom. The first-order chi connectivity index (χ1) is 14.4. The second-order valence-corrected chi connectivity index (χ2v) is 7.24. The van der Waals surface area contributed by atoms with E-state index >= 15 is 0 Å². The van der Waals surface area contributed by atoms with Gasteiger partial charge in [-0.1, -0.05) is 0 Å². The monoisotopic (exact) mass is 413 g/mol. The van der Waals surface area contributed by atoms with Crippen molar-refractivity contribution in [1.29, 1.82) is 0 Å². The third-order valence-corrected chi connectivity index (χ3v) is 5.02. The molecule has 0 saturated carbocycles. The van der Waals surface area contributed by atoms with E-state index in [-0.39, 0.29) is 18.5 Å². The Kier molecular flexibility index (Phi) is 5.21. The third-order valence-electron chi connectivity index (χ3n) is 5.02. The fourth-order valence-corrected chi connectivity index (χ4v) is 3.59. The molecule has 0 spiro atoms. The van der Waals surface area contributed by atoms with Crippen LogP contribution in [0.25, 0.3) is 22.3 Å². The number of carbonyl (C=O) groups is 1. The summed E-state index contributed by atoms with van der Waals surface area (Å²) in [5, 5.41) is 5.86. The van der Waals surface area contributed by atoms with Gasteiger partial charge in [0.05, 0.1) is 30.6 Å². The van der Waals surface area contributed by atoms with Gasteiger partial charge in [-0.2, -0.15) is 0 Å². The zero-order valence-electron chi connectivity index (χ0n) is 16.3. The SMILES string of the molecule is COc1ccc(-c2cc(C(N)=O)c3nccc(N[C@@H]4CNCC(F)(F)C4)c3n2)cc1. The molecular formula is C21H21F2N5O2. The summed E-state index contributed by atoms with van der Waals surface area (Å²) in [6.45, 7) is 0.0498. The molecule has 1 aliphatic rings. The molecule has 1 saturated heterocycles. The van der Waals surface area contributed by atoms with Gasteiger partial charge in [-0.15, -0.1) is 0 Å². The molecule has 1 aliphatic heterocycles. The van der Waals surface area contributed by atoms with Crippen LogP contribution in [0.2, 0.25) is 0 Å². The summed E-state index contributed by atoms with van der Waals surface area (Å²) in [5.74, 6) is -2.75. The molecule has 2 aromatic heterocycles. The number of rotatable bonds is 5. The van der Waals surface area contributed by atoms with Gasteiger partial charge in [0.2, 0.25) is 0 Å². The number of carbonyl (C=O) groups excluding carboxylic acids is 1. The number of nitrogens with zero attached hydrogens (tertiary/aromatic N) is 2. The number of primary amides is 1. The number of hydrogen-bond donors (Lipinski definition) is 3. The molecule has 0 unspecified atom stereocenters. The molecule has 3 heterocycles. The van der Waals surface area contributed by atoms with Crippen LogP contribution in [0.1, 0.15) is 16.8 Å². The molecule has 156 valence electrons. The van der Waals surface area contributed by atoms with Crippen molar-refractivity contribution in [1.82, 2.24) is 15.3 Å². The van der Waals surface area contributed by atoms with Crippen LogP contribution in [0, 0.1) is 0 Å². The van der Waals surface area contributed by atoms with Gasteiger partial charge in [0.1, 0.15) is 16.8 Å². The number of halogens is 2. The highest BCUT2D eigenvalue weighted by Gasteiger charge is 2.36. The number of amides is 1. The van der Waals surface area contributed by atoms with Crippen molar-refractivity contribution in [2.45, 2.75) is 18.4 Å². The highest BCUT2D eigenvalue weighted by atomic mass is 19.3. The number of benzene rings is 1. The number of alkyl halides is 2. The maximum absolute atomic E-state index is 13.8. The molecule has 0 bridgehead atoms. The standard InChI is InChI=1S/C21H21F2N5O2/c1-30-14-4-2-12(3-5-14)17-8-15(20(24)29)18-19(28-17)16(6-7-26-18)27-13-9-21(22,23)11-25-10-13/h2-8,13,25H,9-11H2,1H3,(H2,24,29)(H,26,27)/t13-/m0/s1. The summed E-state index contributed by atoms with van der Waals surface area (Å²) in [5.41, 5.74) is 8.30. The van der Waals surface area contributed by atoms with Crippen molar-refractivity contribution in [2.75, 3.05) is 25.5 Å². The molecule has 30 heavy (non-hydrogen) atoms. The summed E-state index contributed by atoms with van der Waals surface area (Å²) in [4.78, 5) is 21.0. The van der Waals surface area contributed by atoms with Gasteiger partial charge in [0, 0.05) is 30.8 Å². The number of nitrogens with two attached hydrogens (primary N) is 1. The number of methoxy groups -OCH3 is 1. The van der Waals surface area contributed by atoms with Crippen LogP contribution in [-0.2, 0) is 0 Å². The van der Waals surface area contributed by atoms with Crippen LogP contribution in [0.15, 0.2) is 42.6 Å². The van der Waals surface area contributed by atoms with Crippen molar-refractivity contribution >= 4 is 22.6 Å². The van der Waals surface area contributed by atoms with Gasteiger partial charge in [0.15, 0.2) is 0 Å². The van der Waals surface area contributed by atoms with Gasteiger partial charge >= 0.3 is 0 Å². The first-order valence-electron chi connectivity index (χ1n) is 9.45. The van der Waals surface area contributed by atoms with Crippen LogP contribution in [0.3, 0.4) is 0 Å². The Morgan fingerprint density at radius 1 is 1.27 bits per heavy atom. The van der Waals surface area contributed by atoms with Gasteiger partial charge < -0.3 is 21.1 Å². The Hall–Kier alpha value is -3.33. The molecular weight excluding hydrogens is 392 g/mol. The maximum Gasteiger partial charge on any atom is 0.262 e. The summed E-state index contributed by atoms with van der Waals surface area (Å²) < 4.78 is 32.7. The average Bonchev–Trinajstić information content (AvgIpc) is 2.72. The van der Waals surface area contributed by atoms with Crippen molar-refractivity contribution < 1.29 is 18.3 Å². The molecule has 4 N–H and O–H groups in total. The van der Waals surface area contributed by atoms with E-state index in [2.05, 4.69) is 20.6 Å². The lowest BCUT2D eigenvalue weighted by atomic mass is 10.0. The highest BCUT2D eigenvalue weighted by molar-refractivity contribution is 6.07. The molecule has 7 nitrogen and oxygen atoms in total. The molecule has 4 rings (SSSR count). The molecule has 1 fully saturated rings. The van der Waals surface area contributed by atoms with E-state index in [0.717, 1.165) is 5.56 Å². The van der Waals surface area contributed by atoms with Crippen molar-refractivity contribution in [2.24, 2.45) is 5.73 Å². The number of fused-ring (bicyclic) bond motifs is 1. The fourth-order valence-electron chi connectivity index (χ4n) is 3.59. The Morgan fingerprint density at radius 3 is 2.70 bits per heavy atom. The Bertz CT molecular complexity index is 1090. The fraction of sp³-hybridized carbons (Fsp3) is 0.286. The lowest BCUT2D eigenvalue weighted by molar-refractivity contribution is -0.0244.